The van der Waals surface area contributed by atoms with Crippen LogP contribution in [0, 0.1) is 25.2 Å². The number of hydrogen-bond donors (Lipinski definition) is 1. The first kappa shape index (κ1) is 27.0. The van der Waals surface area contributed by atoms with Crippen molar-refractivity contribution in [2.24, 2.45) is 0 Å². The van der Waals surface area contributed by atoms with Gasteiger partial charge in [0.05, 0.1) is 32.0 Å². The highest BCUT2D eigenvalue weighted by Gasteiger charge is 2.28. The Hall–Kier alpha value is -2.59. The third kappa shape index (κ3) is 6.35. The Morgan fingerprint density at radius 3 is 2.69 bits per heavy atom. The summed E-state index contributed by atoms with van der Waals surface area (Å²) in [5, 5.41) is 22.9. The number of methoxy groups -OCH3 is 1. The lowest BCUT2D eigenvalue weighted by Crippen LogP contribution is -2.30. The summed E-state index contributed by atoms with van der Waals surface area (Å²) in [5.41, 5.74) is 3.82. The number of nitriles is 1. The van der Waals surface area contributed by atoms with Gasteiger partial charge in [-0.05, 0) is 43.5 Å². The van der Waals surface area contributed by atoms with Crippen LogP contribution >= 0.6 is 11.3 Å². The van der Waals surface area contributed by atoms with Gasteiger partial charge in [0.2, 0.25) is 5.76 Å². The summed E-state index contributed by atoms with van der Waals surface area (Å²) in [7, 11) is -0.153. The molecule has 1 aromatic carbocycles. The number of aliphatic hydroxyl groups is 1. The summed E-state index contributed by atoms with van der Waals surface area (Å²) in [6.07, 6.45) is 0. The fraction of sp³-hybridized carbons (Fsp3) is 0.417. The summed E-state index contributed by atoms with van der Waals surface area (Å²) in [6, 6.07) is 9.60. The van der Waals surface area contributed by atoms with Crippen molar-refractivity contribution in [2.45, 2.75) is 38.2 Å². The van der Waals surface area contributed by atoms with E-state index in [-0.39, 0.29) is 24.9 Å². The Morgan fingerprint density at radius 2 is 2.03 bits per heavy atom. The molecule has 0 saturated heterocycles. The normalized spacial score (nSPS) is 12.0. The van der Waals surface area contributed by atoms with Crippen LogP contribution in [0.1, 0.15) is 34.3 Å². The van der Waals surface area contributed by atoms with Crippen LogP contribution < -0.4 is 4.31 Å². The van der Waals surface area contributed by atoms with Crippen LogP contribution in [0.5, 0.6) is 0 Å². The van der Waals surface area contributed by atoms with Crippen molar-refractivity contribution in [3.63, 3.8) is 0 Å². The van der Waals surface area contributed by atoms with Gasteiger partial charge < -0.3 is 23.8 Å². The van der Waals surface area contributed by atoms with Gasteiger partial charge in [0.25, 0.3) is 0 Å². The Morgan fingerprint density at radius 1 is 1.23 bits per heavy atom. The molecule has 2 aromatic heterocycles. The standard InChI is InChI=1S/C24H29N3O6S2/c1-5-31-14-19-11-18(13-28)6-7-20(19)21-10-16(2)34-24(21)35(29)27(15-32-9-8-30-4)23-17(3)22(12-25)33-26-23/h6-7,10-11,28H,5,8-9,13-15H2,1-4H3. The van der Waals surface area contributed by atoms with E-state index >= 15 is 0 Å². The quantitative estimate of drug-likeness (QED) is 0.265. The number of thiophene rings is 1. The lowest BCUT2D eigenvalue weighted by molar-refractivity contribution is 0.0756. The molecule has 2 heterocycles. The second-order valence-electron chi connectivity index (χ2n) is 7.57. The zero-order valence-corrected chi connectivity index (χ0v) is 21.8. The Balaban J connectivity index is 2.06. The summed E-state index contributed by atoms with van der Waals surface area (Å²) in [4.78, 5) is 0.979. The molecule has 0 aliphatic rings. The van der Waals surface area contributed by atoms with Crippen molar-refractivity contribution in [1.82, 2.24) is 5.16 Å². The number of aromatic nitrogens is 1. The number of hydrogen-bond acceptors (Lipinski definition) is 9. The Labute approximate surface area is 211 Å². The van der Waals surface area contributed by atoms with Gasteiger partial charge in [-0.1, -0.05) is 23.4 Å². The molecule has 11 heteroatoms. The minimum absolute atomic E-state index is 0.0418. The second kappa shape index (κ2) is 12.9. The molecule has 0 amide bonds. The smallest absolute Gasteiger partial charge is 0.241 e. The molecule has 0 bridgehead atoms. The molecule has 3 rings (SSSR count). The van der Waals surface area contributed by atoms with Gasteiger partial charge in [0.15, 0.2) is 16.8 Å². The SMILES string of the molecule is CCOCc1cc(CO)ccc1-c1cc(C)sc1S(=O)N(COCCOC)c1noc(C#N)c1C. The van der Waals surface area contributed by atoms with Crippen LogP contribution in [0.4, 0.5) is 5.82 Å². The lowest BCUT2D eigenvalue weighted by Gasteiger charge is -2.21. The third-order valence-corrected chi connectivity index (χ3v) is 7.90. The lowest BCUT2D eigenvalue weighted by atomic mass is 10.00. The number of benzene rings is 1. The number of aliphatic hydroxyl groups excluding tert-OH is 1. The topological polar surface area (TPSA) is 118 Å². The molecular formula is C24H29N3O6S2. The molecule has 1 atom stereocenters. The maximum Gasteiger partial charge on any atom is 0.241 e. The van der Waals surface area contributed by atoms with E-state index in [4.69, 9.17) is 18.7 Å². The fourth-order valence-electron chi connectivity index (χ4n) is 3.39. The van der Waals surface area contributed by atoms with Gasteiger partial charge in [-0.2, -0.15) is 5.26 Å². The van der Waals surface area contributed by atoms with E-state index < -0.39 is 11.0 Å². The molecule has 35 heavy (non-hydrogen) atoms. The van der Waals surface area contributed by atoms with Gasteiger partial charge in [0.1, 0.15) is 17.0 Å². The predicted octanol–water partition coefficient (Wildman–Crippen LogP) is 4.07. The molecule has 0 aliphatic heterocycles. The van der Waals surface area contributed by atoms with Crippen LogP contribution in [0.2, 0.25) is 0 Å². The van der Waals surface area contributed by atoms with Gasteiger partial charge >= 0.3 is 0 Å². The number of anilines is 1. The summed E-state index contributed by atoms with van der Waals surface area (Å²) < 4.78 is 37.6. The van der Waals surface area contributed by atoms with E-state index in [1.54, 1.807) is 14.0 Å². The molecule has 0 radical (unpaired) electrons. The Kier molecular flexibility index (Phi) is 9.97. The number of nitrogens with zero attached hydrogens (tertiary/aromatic N) is 3. The second-order valence-corrected chi connectivity index (χ2v) is 10.4. The summed E-state index contributed by atoms with van der Waals surface area (Å²) >= 11 is 1.41. The van der Waals surface area contributed by atoms with Crippen LogP contribution in [0.3, 0.4) is 0 Å². The molecule has 188 valence electrons. The molecular weight excluding hydrogens is 490 g/mol. The summed E-state index contributed by atoms with van der Waals surface area (Å²) in [6.45, 7) is 7.02. The number of rotatable bonds is 13. The van der Waals surface area contributed by atoms with Crippen LogP contribution in [-0.2, 0) is 38.4 Å². The van der Waals surface area contributed by atoms with Crippen molar-refractivity contribution >= 4 is 28.1 Å². The van der Waals surface area contributed by atoms with Gasteiger partial charge in [-0.15, -0.1) is 11.3 Å². The number of ether oxygens (including phenoxy) is 3. The largest absolute Gasteiger partial charge is 0.392 e. The fourth-order valence-corrected chi connectivity index (χ4v) is 6.14. The van der Waals surface area contributed by atoms with Crippen molar-refractivity contribution < 1.29 is 28.0 Å². The molecule has 9 nitrogen and oxygen atoms in total. The van der Waals surface area contributed by atoms with Crippen molar-refractivity contribution in [2.75, 3.05) is 38.0 Å². The highest BCUT2D eigenvalue weighted by molar-refractivity contribution is 7.88. The maximum absolute atomic E-state index is 14.0. The molecule has 0 saturated carbocycles. The van der Waals surface area contributed by atoms with E-state index in [1.807, 2.05) is 44.2 Å². The number of aryl methyl sites for hydroxylation is 1. The minimum atomic E-state index is -1.72. The molecule has 0 fully saturated rings. The highest BCUT2D eigenvalue weighted by atomic mass is 32.2. The van der Waals surface area contributed by atoms with E-state index in [0.717, 1.165) is 27.1 Å². The van der Waals surface area contributed by atoms with Crippen molar-refractivity contribution in [3.05, 3.63) is 51.6 Å². The van der Waals surface area contributed by atoms with Crippen molar-refractivity contribution in [1.29, 1.82) is 5.26 Å². The van der Waals surface area contributed by atoms with E-state index in [9.17, 15) is 14.6 Å². The average molecular weight is 520 g/mol. The van der Waals surface area contributed by atoms with Gasteiger partial charge in [-0.25, -0.2) is 8.51 Å². The summed E-state index contributed by atoms with van der Waals surface area (Å²) in [5.74, 6) is 0.333. The maximum atomic E-state index is 14.0. The third-order valence-electron chi connectivity index (χ3n) is 5.16. The molecule has 0 aliphatic carbocycles. The minimum Gasteiger partial charge on any atom is -0.392 e. The first-order valence-corrected chi connectivity index (χ1v) is 12.9. The molecule has 1 unspecified atom stereocenters. The first-order valence-electron chi connectivity index (χ1n) is 11.0. The van der Waals surface area contributed by atoms with Crippen LogP contribution in [0.15, 0.2) is 33.0 Å². The van der Waals surface area contributed by atoms with E-state index in [1.165, 1.54) is 15.6 Å². The monoisotopic (exact) mass is 519 g/mol. The average Bonchev–Trinajstić information content (AvgIpc) is 3.44. The van der Waals surface area contributed by atoms with Gasteiger partial charge in [-0.3, -0.25) is 0 Å². The zero-order valence-electron chi connectivity index (χ0n) is 20.2. The molecule has 3 aromatic rings. The highest BCUT2D eigenvalue weighted by Crippen LogP contribution is 2.38. The molecule has 0 spiro atoms. The zero-order chi connectivity index (χ0) is 25.4. The van der Waals surface area contributed by atoms with E-state index in [2.05, 4.69) is 5.16 Å². The molecule has 1 N–H and O–H groups in total. The van der Waals surface area contributed by atoms with Crippen LogP contribution in [0.25, 0.3) is 11.1 Å². The first-order chi connectivity index (χ1) is 16.9. The Bertz CT molecular complexity index is 1200. The van der Waals surface area contributed by atoms with Crippen LogP contribution in [-0.4, -0.2) is 48.1 Å². The predicted molar refractivity (Wildman–Crippen MR) is 133 cm³/mol. The van der Waals surface area contributed by atoms with Crippen molar-refractivity contribution in [3.8, 4) is 17.2 Å². The van der Waals surface area contributed by atoms with E-state index in [0.29, 0.717) is 36.2 Å². The van der Waals surface area contributed by atoms with Gasteiger partial charge in [0, 0.05) is 24.2 Å².